The van der Waals surface area contributed by atoms with Crippen LogP contribution in [0, 0.1) is 22.7 Å². The van der Waals surface area contributed by atoms with E-state index in [4.69, 9.17) is 5.73 Å². The third-order valence-electron chi connectivity index (χ3n) is 5.12. The molecule has 2 aliphatic rings. The van der Waals surface area contributed by atoms with Gasteiger partial charge in [0.25, 0.3) is 0 Å². The largest absolute Gasteiger partial charge is 0.352 e. The molecule has 1 amide bonds. The smallest absolute Gasteiger partial charge is 0.223 e. The molecule has 0 aromatic rings. The minimum Gasteiger partial charge on any atom is -0.352 e. The highest BCUT2D eigenvalue weighted by atomic mass is 16.2. The van der Waals surface area contributed by atoms with E-state index in [1.165, 1.54) is 12.8 Å². The molecular formula is C14H26N2O. The number of carbonyl (C=O) groups is 1. The van der Waals surface area contributed by atoms with E-state index in [0.29, 0.717) is 5.92 Å². The van der Waals surface area contributed by atoms with Gasteiger partial charge in [0.1, 0.15) is 0 Å². The molecule has 0 aliphatic heterocycles. The van der Waals surface area contributed by atoms with E-state index in [2.05, 4.69) is 33.0 Å². The van der Waals surface area contributed by atoms with Crippen molar-refractivity contribution in [2.75, 3.05) is 0 Å². The maximum atomic E-state index is 12.2. The molecule has 3 N–H and O–H groups in total. The molecule has 2 rings (SSSR count). The first kappa shape index (κ1) is 12.9. The molecule has 2 fully saturated rings. The summed E-state index contributed by atoms with van der Waals surface area (Å²) >= 11 is 0. The number of nitrogens with one attached hydrogen (secondary N) is 1. The zero-order valence-corrected chi connectivity index (χ0v) is 11.7. The quantitative estimate of drug-likeness (QED) is 0.789. The van der Waals surface area contributed by atoms with Crippen LogP contribution < -0.4 is 11.1 Å². The Kier molecular flexibility index (Phi) is 2.81. The Morgan fingerprint density at radius 1 is 1.24 bits per heavy atom. The van der Waals surface area contributed by atoms with E-state index in [1.54, 1.807) is 0 Å². The summed E-state index contributed by atoms with van der Waals surface area (Å²) in [5.41, 5.74) is 6.20. The van der Waals surface area contributed by atoms with E-state index in [1.807, 2.05) is 6.92 Å². The summed E-state index contributed by atoms with van der Waals surface area (Å²) in [5, 5.41) is 3.23. The van der Waals surface area contributed by atoms with E-state index in [9.17, 15) is 4.79 Å². The second-order valence-electron chi connectivity index (χ2n) is 7.19. The average Bonchev–Trinajstić information content (AvgIpc) is 3.06. The zero-order valence-electron chi connectivity index (χ0n) is 11.7. The standard InChI is InChI=1S/C14H26N2O/c1-8(9-6-7-9)10(17)16-12-13(2,3)11(15)14(12,4)5/h8-9,11-12H,6-7,15H2,1-5H3,(H,16,17). The summed E-state index contributed by atoms with van der Waals surface area (Å²) in [4.78, 5) is 12.2. The predicted molar refractivity (Wildman–Crippen MR) is 69.4 cm³/mol. The zero-order chi connectivity index (χ0) is 13.0. The second kappa shape index (κ2) is 3.71. The Balaban J connectivity index is 2.00. The fourth-order valence-corrected chi connectivity index (χ4v) is 3.64. The van der Waals surface area contributed by atoms with Gasteiger partial charge in [0.2, 0.25) is 5.91 Å². The normalized spacial score (nSPS) is 35.9. The number of nitrogens with two attached hydrogens (primary N) is 1. The first-order chi connectivity index (χ1) is 7.69. The van der Waals surface area contributed by atoms with Crippen molar-refractivity contribution in [3.63, 3.8) is 0 Å². The van der Waals surface area contributed by atoms with Crippen LogP contribution in [0.4, 0.5) is 0 Å². The van der Waals surface area contributed by atoms with Gasteiger partial charge in [0.05, 0.1) is 0 Å². The van der Waals surface area contributed by atoms with Crippen molar-refractivity contribution in [1.82, 2.24) is 5.32 Å². The van der Waals surface area contributed by atoms with Crippen molar-refractivity contribution in [3.8, 4) is 0 Å². The molecule has 0 radical (unpaired) electrons. The van der Waals surface area contributed by atoms with Gasteiger partial charge in [0.15, 0.2) is 0 Å². The third-order valence-corrected chi connectivity index (χ3v) is 5.12. The topological polar surface area (TPSA) is 55.1 Å². The van der Waals surface area contributed by atoms with Crippen molar-refractivity contribution in [1.29, 1.82) is 0 Å². The van der Waals surface area contributed by atoms with Crippen LogP contribution in [-0.2, 0) is 4.79 Å². The van der Waals surface area contributed by atoms with Gasteiger partial charge in [-0.25, -0.2) is 0 Å². The minimum absolute atomic E-state index is 0.00241. The van der Waals surface area contributed by atoms with Gasteiger partial charge in [0, 0.05) is 28.8 Å². The van der Waals surface area contributed by atoms with E-state index < -0.39 is 0 Å². The molecule has 0 aromatic carbocycles. The maximum Gasteiger partial charge on any atom is 0.223 e. The highest BCUT2D eigenvalue weighted by Gasteiger charge is 2.60. The van der Waals surface area contributed by atoms with Crippen LogP contribution in [-0.4, -0.2) is 18.0 Å². The molecule has 3 nitrogen and oxygen atoms in total. The van der Waals surface area contributed by atoms with Crippen molar-refractivity contribution < 1.29 is 4.79 Å². The first-order valence-electron chi connectivity index (χ1n) is 6.75. The summed E-state index contributed by atoms with van der Waals surface area (Å²) in [5.74, 6) is 0.999. The average molecular weight is 238 g/mol. The number of carbonyl (C=O) groups excluding carboxylic acids is 1. The fraction of sp³-hybridized carbons (Fsp3) is 0.929. The monoisotopic (exact) mass is 238 g/mol. The fourth-order valence-electron chi connectivity index (χ4n) is 3.64. The molecule has 2 aliphatic carbocycles. The molecular weight excluding hydrogens is 212 g/mol. The third kappa shape index (κ3) is 1.88. The van der Waals surface area contributed by atoms with Crippen molar-refractivity contribution >= 4 is 5.91 Å². The number of amides is 1. The van der Waals surface area contributed by atoms with Crippen LogP contribution in [0.15, 0.2) is 0 Å². The van der Waals surface area contributed by atoms with Crippen LogP contribution in [0.2, 0.25) is 0 Å². The van der Waals surface area contributed by atoms with E-state index >= 15 is 0 Å². The summed E-state index contributed by atoms with van der Waals surface area (Å²) in [7, 11) is 0. The summed E-state index contributed by atoms with van der Waals surface area (Å²) < 4.78 is 0. The van der Waals surface area contributed by atoms with Gasteiger partial charge >= 0.3 is 0 Å². The van der Waals surface area contributed by atoms with E-state index in [0.717, 1.165) is 0 Å². The lowest BCUT2D eigenvalue weighted by atomic mass is 9.48. The molecule has 3 heteroatoms. The Morgan fingerprint density at radius 3 is 2.12 bits per heavy atom. The molecule has 0 saturated heterocycles. The Hall–Kier alpha value is -0.570. The molecule has 2 saturated carbocycles. The molecule has 0 aromatic heterocycles. The lowest BCUT2D eigenvalue weighted by Gasteiger charge is -2.63. The van der Waals surface area contributed by atoms with Crippen LogP contribution in [0.3, 0.4) is 0 Å². The molecule has 0 spiro atoms. The van der Waals surface area contributed by atoms with Gasteiger partial charge < -0.3 is 11.1 Å². The second-order valence-corrected chi connectivity index (χ2v) is 7.19. The van der Waals surface area contributed by atoms with Gasteiger partial charge in [-0.05, 0) is 18.8 Å². The van der Waals surface area contributed by atoms with E-state index in [-0.39, 0.29) is 34.7 Å². The lowest BCUT2D eigenvalue weighted by Crippen LogP contribution is -2.76. The number of rotatable bonds is 3. The van der Waals surface area contributed by atoms with Crippen molar-refractivity contribution in [3.05, 3.63) is 0 Å². The van der Waals surface area contributed by atoms with Crippen LogP contribution in [0.25, 0.3) is 0 Å². The Labute approximate surface area is 105 Å². The number of hydrogen-bond donors (Lipinski definition) is 2. The van der Waals surface area contributed by atoms with Crippen LogP contribution in [0.1, 0.15) is 47.5 Å². The van der Waals surface area contributed by atoms with Crippen LogP contribution >= 0.6 is 0 Å². The molecule has 1 atom stereocenters. The molecule has 1 unspecified atom stereocenters. The molecule has 0 heterocycles. The Morgan fingerprint density at radius 2 is 1.71 bits per heavy atom. The lowest BCUT2D eigenvalue weighted by molar-refractivity contribution is -0.136. The Bertz CT molecular complexity index is 315. The van der Waals surface area contributed by atoms with Crippen LogP contribution in [0.5, 0.6) is 0 Å². The van der Waals surface area contributed by atoms with Gasteiger partial charge in [-0.1, -0.05) is 34.6 Å². The summed E-state index contributed by atoms with van der Waals surface area (Å²) in [6.07, 6.45) is 2.43. The highest BCUT2D eigenvalue weighted by Crippen LogP contribution is 2.52. The maximum absolute atomic E-state index is 12.2. The SMILES string of the molecule is CC(C(=O)NC1C(C)(C)C(N)C1(C)C)C1CC1. The molecule has 98 valence electrons. The molecule has 17 heavy (non-hydrogen) atoms. The highest BCUT2D eigenvalue weighted by molar-refractivity contribution is 5.79. The van der Waals surface area contributed by atoms with Crippen molar-refractivity contribution in [2.45, 2.75) is 59.5 Å². The van der Waals surface area contributed by atoms with Crippen molar-refractivity contribution in [2.24, 2.45) is 28.4 Å². The summed E-state index contributed by atoms with van der Waals surface area (Å²) in [6.45, 7) is 10.6. The van der Waals surface area contributed by atoms with Gasteiger partial charge in [-0.3, -0.25) is 4.79 Å². The molecule has 0 bridgehead atoms. The van der Waals surface area contributed by atoms with Gasteiger partial charge in [-0.2, -0.15) is 0 Å². The van der Waals surface area contributed by atoms with Gasteiger partial charge in [-0.15, -0.1) is 0 Å². The predicted octanol–water partition coefficient (Wildman–Crippen LogP) is 1.91. The number of hydrogen-bond acceptors (Lipinski definition) is 2. The first-order valence-corrected chi connectivity index (χ1v) is 6.75. The minimum atomic E-state index is 0.00241. The summed E-state index contributed by atoms with van der Waals surface area (Å²) in [6, 6.07) is 0.343.